The van der Waals surface area contributed by atoms with Gasteiger partial charge in [0.05, 0.1) is 0 Å². The van der Waals surface area contributed by atoms with E-state index < -0.39 is 0 Å². The molecule has 1 fully saturated rings. The van der Waals surface area contributed by atoms with E-state index in [0.717, 1.165) is 31.5 Å². The predicted molar refractivity (Wildman–Crippen MR) is 93.9 cm³/mol. The summed E-state index contributed by atoms with van der Waals surface area (Å²) in [6.07, 6.45) is 7.61. The third-order valence-electron chi connectivity index (χ3n) is 4.34. The molecule has 0 radical (unpaired) electrons. The molecule has 3 heterocycles. The summed E-state index contributed by atoms with van der Waals surface area (Å²) in [5.41, 5.74) is 0.815. The summed E-state index contributed by atoms with van der Waals surface area (Å²) >= 11 is 0. The monoisotopic (exact) mass is 357 g/mol. The molecular formula is C18H23N5O3. The Kier molecular flexibility index (Phi) is 6.29. The van der Waals surface area contributed by atoms with Crippen molar-refractivity contribution < 1.29 is 14.1 Å². The van der Waals surface area contributed by atoms with E-state index in [1.54, 1.807) is 24.5 Å². The van der Waals surface area contributed by atoms with Gasteiger partial charge in [-0.2, -0.15) is 4.98 Å². The third kappa shape index (κ3) is 5.11. The van der Waals surface area contributed by atoms with Crippen molar-refractivity contribution >= 4 is 11.8 Å². The lowest BCUT2D eigenvalue weighted by atomic mass is 10.1. The number of amides is 2. The van der Waals surface area contributed by atoms with Gasteiger partial charge in [-0.15, -0.1) is 0 Å². The van der Waals surface area contributed by atoms with Crippen LogP contribution in [0.15, 0.2) is 29.0 Å². The molecule has 1 aliphatic rings. The van der Waals surface area contributed by atoms with Gasteiger partial charge >= 0.3 is 0 Å². The molecular weight excluding hydrogens is 334 g/mol. The topological polar surface area (TPSA) is 101 Å². The van der Waals surface area contributed by atoms with Gasteiger partial charge in [0.2, 0.25) is 23.5 Å². The van der Waals surface area contributed by atoms with E-state index in [4.69, 9.17) is 4.52 Å². The van der Waals surface area contributed by atoms with Gasteiger partial charge in [0.1, 0.15) is 0 Å². The predicted octanol–water partition coefficient (Wildman–Crippen LogP) is 1.58. The smallest absolute Gasteiger partial charge is 0.227 e. The Labute approximate surface area is 152 Å². The van der Waals surface area contributed by atoms with Gasteiger partial charge in [0.25, 0.3) is 0 Å². The van der Waals surface area contributed by atoms with Crippen LogP contribution in [-0.4, -0.2) is 51.5 Å². The molecule has 0 atom stereocenters. The van der Waals surface area contributed by atoms with Gasteiger partial charge in [-0.05, 0) is 31.4 Å². The number of hydrogen-bond acceptors (Lipinski definition) is 6. The van der Waals surface area contributed by atoms with E-state index in [-0.39, 0.29) is 18.2 Å². The van der Waals surface area contributed by atoms with E-state index in [1.165, 1.54) is 6.42 Å². The van der Waals surface area contributed by atoms with E-state index >= 15 is 0 Å². The van der Waals surface area contributed by atoms with Crippen LogP contribution in [0.3, 0.4) is 0 Å². The molecule has 2 aromatic heterocycles. The van der Waals surface area contributed by atoms with Gasteiger partial charge in [0.15, 0.2) is 0 Å². The van der Waals surface area contributed by atoms with Gasteiger partial charge in [-0.3, -0.25) is 14.6 Å². The molecule has 1 aliphatic heterocycles. The first-order valence-corrected chi connectivity index (χ1v) is 9.00. The maximum Gasteiger partial charge on any atom is 0.227 e. The van der Waals surface area contributed by atoms with Crippen molar-refractivity contribution in [1.82, 2.24) is 25.3 Å². The van der Waals surface area contributed by atoms with Crippen molar-refractivity contribution in [2.45, 2.75) is 38.5 Å². The lowest BCUT2D eigenvalue weighted by Crippen LogP contribution is -2.37. The molecule has 8 heteroatoms. The Hall–Kier alpha value is -2.77. The third-order valence-corrected chi connectivity index (χ3v) is 4.34. The number of nitrogens with one attached hydrogen (secondary N) is 1. The van der Waals surface area contributed by atoms with E-state index in [0.29, 0.717) is 31.1 Å². The highest BCUT2D eigenvalue weighted by molar-refractivity contribution is 5.79. The molecule has 1 saturated heterocycles. The molecule has 26 heavy (non-hydrogen) atoms. The van der Waals surface area contributed by atoms with Crippen LogP contribution in [0, 0.1) is 0 Å². The Morgan fingerprint density at radius 3 is 2.65 bits per heavy atom. The number of carbonyl (C=O) groups is 2. The summed E-state index contributed by atoms with van der Waals surface area (Å²) < 4.78 is 5.17. The van der Waals surface area contributed by atoms with Crippen LogP contribution in [0.25, 0.3) is 11.4 Å². The molecule has 138 valence electrons. The second-order valence-corrected chi connectivity index (χ2v) is 6.29. The fraction of sp³-hybridized carbons (Fsp3) is 0.500. The number of rotatable bonds is 7. The Balaban J connectivity index is 1.36. The average Bonchev–Trinajstić information content (AvgIpc) is 3.17. The number of aryl methyl sites for hydroxylation is 1. The summed E-state index contributed by atoms with van der Waals surface area (Å²) in [5, 5.41) is 6.68. The lowest BCUT2D eigenvalue weighted by molar-refractivity contribution is -0.132. The first-order valence-electron chi connectivity index (χ1n) is 9.00. The largest absolute Gasteiger partial charge is 0.356 e. The summed E-state index contributed by atoms with van der Waals surface area (Å²) in [6, 6.07) is 3.58. The van der Waals surface area contributed by atoms with Crippen molar-refractivity contribution in [2.24, 2.45) is 0 Å². The molecule has 0 aliphatic carbocycles. The molecule has 2 aromatic rings. The van der Waals surface area contributed by atoms with Crippen LogP contribution in [0.4, 0.5) is 0 Å². The van der Waals surface area contributed by atoms with Crippen molar-refractivity contribution in [2.75, 3.05) is 19.6 Å². The number of pyridine rings is 1. The van der Waals surface area contributed by atoms with Crippen molar-refractivity contribution in [3.8, 4) is 11.4 Å². The van der Waals surface area contributed by atoms with Crippen molar-refractivity contribution in [3.05, 3.63) is 30.4 Å². The van der Waals surface area contributed by atoms with Gasteiger partial charge in [-0.25, -0.2) is 0 Å². The Morgan fingerprint density at radius 2 is 1.88 bits per heavy atom. The van der Waals surface area contributed by atoms with Crippen molar-refractivity contribution in [1.29, 1.82) is 0 Å². The molecule has 0 unspecified atom stereocenters. The molecule has 3 rings (SSSR count). The summed E-state index contributed by atoms with van der Waals surface area (Å²) in [4.78, 5) is 34.1. The minimum absolute atomic E-state index is 0.115. The Morgan fingerprint density at radius 1 is 1.12 bits per heavy atom. The molecule has 0 saturated carbocycles. The van der Waals surface area contributed by atoms with Gasteiger partial charge in [-0.1, -0.05) is 5.16 Å². The van der Waals surface area contributed by atoms with E-state index in [2.05, 4.69) is 20.4 Å². The molecule has 2 amide bonds. The van der Waals surface area contributed by atoms with Crippen LogP contribution in [0.2, 0.25) is 0 Å². The maximum atomic E-state index is 12.0. The second-order valence-electron chi connectivity index (χ2n) is 6.29. The van der Waals surface area contributed by atoms with Gasteiger partial charge in [0, 0.05) is 56.9 Å². The fourth-order valence-corrected chi connectivity index (χ4v) is 2.89. The number of piperidine rings is 1. The SMILES string of the molecule is O=C(CCc1nc(-c2ccncc2)no1)NCCC(=O)N1CCCCC1. The van der Waals surface area contributed by atoms with Crippen LogP contribution >= 0.6 is 0 Å². The second kappa shape index (κ2) is 9.07. The average molecular weight is 357 g/mol. The summed E-state index contributed by atoms with van der Waals surface area (Å²) in [6.45, 7) is 2.04. The summed E-state index contributed by atoms with van der Waals surface area (Å²) in [7, 11) is 0. The highest BCUT2D eigenvalue weighted by atomic mass is 16.5. The van der Waals surface area contributed by atoms with E-state index in [9.17, 15) is 9.59 Å². The van der Waals surface area contributed by atoms with Crippen LogP contribution in [0.5, 0.6) is 0 Å². The number of carbonyl (C=O) groups excluding carboxylic acids is 2. The number of aromatic nitrogens is 3. The fourth-order valence-electron chi connectivity index (χ4n) is 2.89. The zero-order valence-electron chi connectivity index (χ0n) is 14.7. The zero-order valence-corrected chi connectivity index (χ0v) is 14.7. The maximum absolute atomic E-state index is 12.0. The molecule has 8 nitrogen and oxygen atoms in total. The quantitative estimate of drug-likeness (QED) is 0.807. The minimum Gasteiger partial charge on any atom is -0.356 e. The van der Waals surface area contributed by atoms with Crippen molar-refractivity contribution in [3.63, 3.8) is 0 Å². The van der Waals surface area contributed by atoms with Gasteiger partial charge < -0.3 is 14.7 Å². The first kappa shape index (κ1) is 18.0. The number of hydrogen-bond donors (Lipinski definition) is 1. The summed E-state index contributed by atoms with van der Waals surface area (Å²) in [5.74, 6) is 0.885. The Bertz CT molecular complexity index is 725. The normalized spacial score (nSPS) is 14.2. The highest BCUT2D eigenvalue weighted by Crippen LogP contribution is 2.14. The number of likely N-dealkylation sites (tertiary alicyclic amines) is 1. The zero-order chi connectivity index (χ0) is 18.2. The molecule has 0 spiro atoms. The standard InChI is InChI=1S/C18H23N5O3/c24-15(20-11-8-17(25)23-12-2-1-3-13-23)4-5-16-21-18(22-26-16)14-6-9-19-10-7-14/h6-7,9-10H,1-5,8,11-13H2,(H,20,24). The molecule has 0 aromatic carbocycles. The number of nitrogens with zero attached hydrogens (tertiary/aromatic N) is 4. The van der Waals surface area contributed by atoms with Crippen LogP contribution in [0.1, 0.15) is 38.0 Å². The first-order chi connectivity index (χ1) is 12.7. The lowest BCUT2D eigenvalue weighted by Gasteiger charge is -2.26. The molecule has 1 N–H and O–H groups in total. The molecule has 0 bridgehead atoms. The minimum atomic E-state index is -0.125. The highest BCUT2D eigenvalue weighted by Gasteiger charge is 2.16. The van der Waals surface area contributed by atoms with E-state index in [1.807, 2.05) is 4.90 Å². The van der Waals surface area contributed by atoms with Crippen LogP contribution < -0.4 is 5.32 Å². The van der Waals surface area contributed by atoms with Crippen LogP contribution in [-0.2, 0) is 16.0 Å².